The molecule has 0 radical (unpaired) electrons. The number of carbonyl (C=O) groups is 1. The second kappa shape index (κ2) is 6.87. The number of nitrogens with zero attached hydrogens (tertiary/aromatic N) is 5. The fourth-order valence-corrected chi connectivity index (χ4v) is 2.82. The van der Waals surface area contributed by atoms with Gasteiger partial charge >= 0.3 is 0 Å². The Morgan fingerprint density at radius 3 is 3.09 bits per heavy atom. The fraction of sp³-hybridized carbons (Fsp3) is 0.500. The molecule has 0 saturated carbocycles. The molecule has 0 bridgehead atoms. The van der Waals surface area contributed by atoms with Gasteiger partial charge in [-0.1, -0.05) is 0 Å². The maximum Gasteiger partial charge on any atom is 0.257 e. The lowest BCUT2D eigenvalue weighted by molar-refractivity contribution is 0.0737. The second-order valence-electron chi connectivity index (χ2n) is 5.89. The molecule has 7 nitrogen and oxygen atoms in total. The normalized spacial score (nSPS) is 18.7. The van der Waals surface area contributed by atoms with E-state index in [2.05, 4.69) is 15.1 Å². The molecule has 2 aromatic heterocycles. The topological polar surface area (TPSA) is 73.1 Å². The summed E-state index contributed by atoms with van der Waals surface area (Å²) in [6.45, 7) is 4.35. The summed E-state index contributed by atoms with van der Waals surface area (Å²) in [5.74, 6) is 1.00. The Kier molecular flexibility index (Phi) is 4.66. The highest BCUT2D eigenvalue weighted by Gasteiger charge is 2.24. The van der Waals surface area contributed by atoms with E-state index in [0.717, 1.165) is 17.9 Å². The van der Waals surface area contributed by atoms with E-state index in [0.29, 0.717) is 31.9 Å². The number of aryl methyl sites for hydroxylation is 2. The molecule has 7 heteroatoms. The molecule has 1 amide bonds. The molecule has 23 heavy (non-hydrogen) atoms. The van der Waals surface area contributed by atoms with Gasteiger partial charge in [0.1, 0.15) is 5.82 Å². The highest BCUT2D eigenvalue weighted by molar-refractivity contribution is 5.93. The molecule has 0 spiro atoms. The van der Waals surface area contributed by atoms with Gasteiger partial charge in [0, 0.05) is 44.1 Å². The van der Waals surface area contributed by atoms with Gasteiger partial charge in [0.2, 0.25) is 0 Å². The molecule has 1 aliphatic heterocycles. The van der Waals surface area contributed by atoms with Crippen molar-refractivity contribution in [2.45, 2.75) is 13.3 Å². The van der Waals surface area contributed by atoms with E-state index < -0.39 is 0 Å². The van der Waals surface area contributed by atoms with Crippen molar-refractivity contribution in [3.8, 4) is 0 Å². The predicted molar refractivity (Wildman–Crippen MR) is 83.9 cm³/mol. The van der Waals surface area contributed by atoms with Crippen LogP contribution in [-0.4, -0.2) is 56.9 Å². The average molecular weight is 315 g/mol. The van der Waals surface area contributed by atoms with Crippen molar-refractivity contribution in [2.24, 2.45) is 13.0 Å². The summed E-state index contributed by atoms with van der Waals surface area (Å²) in [6.07, 6.45) is 5.90. The first-order valence-electron chi connectivity index (χ1n) is 7.76. The Balaban J connectivity index is 1.69. The van der Waals surface area contributed by atoms with Crippen molar-refractivity contribution in [3.05, 3.63) is 41.7 Å². The molecule has 0 unspecified atom stereocenters. The molecular formula is C16H21N5O2. The third kappa shape index (κ3) is 3.92. The first-order chi connectivity index (χ1) is 11.1. The number of aromatic nitrogens is 4. The molecule has 1 aliphatic rings. The van der Waals surface area contributed by atoms with Gasteiger partial charge in [0.05, 0.1) is 25.0 Å². The van der Waals surface area contributed by atoms with E-state index in [1.165, 1.54) is 0 Å². The van der Waals surface area contributed by atoms with Gasteiger partial charge in [-0.25, -0.2) is 9.97 Å². The first-order valence-corrected chi connectivity index (χ1v) is 7.76. The summed E-state index contributed by atoms with van der Waals surface area (Å²) in [4.78, 5) is 23.0. The molecule has 3 heterocycles. The number of hydrogen-bond donors (Lipinski definition) is 0. The van der Waals surface area contributed by atoms with Gasteiger partial charge in [-0.2, -0.15) is 5.10 Å². The van der Waals surface area contributed by atoms with Crippen molar-refractivity contribution in [3.63, 3.8) is 0 Å². The Morgan fingerprint density at radius 1 is 1.48 bits per heavy atom. The van der Waals surface area contributed by atoms with Gasteiger partial charge < -0.3 is 9.64 Å². The molecule has 1 fully saturated rings. The zero-order chi connectivity index (χ0) is 16.2. The standard InChI is InChI=1S/C16H21N5O2/c1-12-17-4-3-15(19-12)7-13-9-21(5-6-23-11-13)16(22)14-8-18-20(2)10-14/h3-4,8,10,13H,5-7,9,11H2,1-2H3/t13-/m1/s1. The summed E-state index contributed by atoms with van der Waals surface area (Å²) in [5, 5.41) is 4.07. The van der Waals surface area contributed by atoms with Crippen LogP contribution in [0.15, 0.2) is 24.7 Å². The van der Waals surface area contributed by atoms with Gasteiger partial charge in [-0.3, -0.25) is 9.48 Å². The zero-order valence-electron chi connectivity index (χ0n) is 13.5. The van der Waals surface area contributed by atoms with Gasteiger partial charge in [0.15, 0.2) is 0 Å². The summed E-state index contributed by atoms with van der Waals surface area (Å²) in [5.41, 5.74) is 1.60. The summed E-state index contributed by atoms with van der Waals surface area (Å²) < 4.78 is 7.31. The number of ether oxygens (including phenoxy) is 1. The highest BCUT2D eigenvalue weighted by Crippen LogP contribution is 2.15. The van der Waals surface area contributed by atoms with Crippen molar-refractivity contribution in [1.29, 1.82) is 0 Å². The maximum atomic E-state index is 12.6. The summed E-state index contributed by atoms with van der Waals surface area (Å²) in [7, 11) is 1.81. The highest BCUT2D eigenvalue weighted by atomic mass is 16.5. The minimum Gasteiger partial charge on any atom is -0.379 e. The number of carbonyl (C=O) groups excluding carboxylic acids is 1. The van der Waals surface area contributed by atoms with E-state index in [4.69, 9.17) is 4.74 Å². The lowest BCUT2D eigenvalue weighted by Gasteiger charge is -2.23. The largest absolute Gasteiger partial charge is 0.379 e. The monoisotopic (exact) mass is 315 g/mol. The summed E-state index contributed by atoms with van der Waals surface area (Å²) in [6, 6.07) is 1.92. The van der Waals surface area contributed by atoms with E-state index in [1.54, 1.807) is 23.3 Å². The lowest BCUT2D eigenvalue weighted by atomic mass is 10.0. The summed E-state index contributed by atoms with van der Waals surface area (Å²) >= 11 is 0. The SMILES string of the molecule is Cc1nccc(C[C@H]2COCCN(C(=O)c3cnn(C)c3)C2)n1. The van der Waals surface area contributed by atoms with Crippen LogP contribution < -0.4 is 0 Å². The van der Waals surface area contributed by atoms with Gasteiger partial charge in [-0.05, 0) is 19.4 Å². The zero-order valence-corrected chi connectivity index (χ0v) is 13.5. The molecule has 0 aliphatic carbocycles. The van der Waals surface area contributed by atoms with Crippen molar-refractivity contribution in [1.82, 2.24) is 24.6 Å². The van der Waals surface area contributed by atoms with Gasteiger partial charge in [-0.15, -0.1) is 0 Å². The van der Waals surface area contributed by atoms with Crippen LogP contribution in [-0.2, 0) is 18.2 Å². The Morgan fingerprint density at radius 2 is 2.35 bits per heavy atom. The molecule has 0 N–H and O–H groups in total. The minimum atomic E-state index is 0.00691. The van der Waals surface area contributed by atoms with Crippen LogP contribution >= 0.6 is 0 Å². The van der Waals surface area contributed by atoms with E-state index in [1.807, 2.05) is 24.9 Å². The number of rotatable bonds is 3. The van der Waals surface area contributed by atoms with Crippen molar-refractivity contribution in [2.75, 3.05) is 26.3 Å². The smallest absolute Gasteiger partial charge is 0.257 e. The average Bonchev–Trinajstić information content (AvgIpc) is 2.82. The van der Waals surface area contributed by atoms with E-state index in [-0.39, 0.29) is 11.8 Å². The lowest BCUT2D eigenvalue weighted by Crippen LogP contribution is -2.36. The van der Waals surface area contributed by atoms with Crippen LogP contribution in [0.2, 0.25) is 0 Å². The van der Waals surface area contributed by atoms with Crippen LogP contribution in [0, 0.1) is 12.8 Å². The molecular weight excluding hydrogens is 294 g/mol. The molecule has 1 atom stereocenters. The third-order valence-corrected chi connectivity index (χ3v) is 3.91. The van der Waals surface area contributed by atoms with Gasteiger partial charge in [0.25, 0.3) is 5.91 Å². The van der Waals surface area contributed by atoms with Crippen LogP contribution in [0.1, 0.15) is 21.9 Å². The molecule has 122 valence electrons. The maximum absolute atomic E-state index is 12.6. The molecule has 2 aromatic rings. The van der Waals surface area contributed by atoms with Crippen molar-refractivity contribution >= 4 is 5.91 Å². The van der Waals surface area contributed by atoms with Crippen LogP contribution in [0.3, 0.4) is 0 Å². The van der Waals surface area contributed by atoms with Crippen LogP contribution in [0.5, 0.6) is 0 Å². The molecule has 3 rings (SSSR count). The Bertz CT molecular complexity index is 685. The van der Waals surface area contributed by atoms with Crippen LogP contribution in [0.25, 0.3) is 0 Å². The van der Waals surface area contributed by atoms with E-state index in [9.17, 15) is 4.79 Å². The number of hydrogen-bond acceptors (Lipinski definition) is 5. The number of amides is 1. The third-order valence-electron chi connectivity index (χ3n) is 3.91. The second-order valence-corrected chi connectivity index (χ2v) is 5.89. The minimum absolute atomic E-state index is 0.00691. The van der Waals surface area contributed by atoms with E-state index >= 15 is 0 Å². The molecule has 0 aromatic carbocycles. The quantitative estimate of drug-likeness (QED) is 0.839. The predicted octanol–water partition coefficient (Wildman–Crippen LogP) is 0.850. The first kappa shape index (κ1) is 15.6. The fourth-order valence-electron chi connectivity index (χ4n) is 2.82. The Labute approximate surface area is 135 Å². The molecule has 1 saturated heterocycles. The van der Waals surface area contributed by atoms with Crippen molar-refractivity contribution < 1.29 is 9.53 Å². The van der Waals surface area contributed by atoms with Crippen LogP contribution in [0.4, 0.5) is 0 Å². The Hall–Kier alpha value is -2.28.